The van der Waals surface area contributed by atoms with Gasteiger partial charge in [0.1, 0.15) is 36.2 Å². The number of rotatable bonds is 15. The highest BCUT2D eigenvalue weighted by Gasteiger charge is 2.57. The number of carbonyl (C=O) groups excluding carboxylic acids is 6. The maximum Gasteiger partial charge on any atom is 0.408 e. The lowest BCUT2D eigenvalue weighted by Gasteiger charge is -2.47. The number of hydrogen-bond donors (Lipinski definition) is 5. The number of aliphatic hydroxyl groups is 2. The number of fused-ring (bicyclic) bond motifs is 3. The Morgan fingerprint density at radius 2 is 1.63 bits per heavy atom. The van der Waals surface area contributed by atoms with Crippen LogP contribution >= 0.6 is 0 Å². The van der Waals surface area contributed by atoms with Crippen LogP contribution < -0.4 is 10.6 Å². The Labute approximate surface area is 465 Å². The number of carboxylic acids is 1. The first-order valence-corrected chi connectivity index (χ1v) is 28.2. The van der Waals surface area contributed by atoms with Crippen molar-refractivity contribution < 1.29 is 81.7 Å². The van der Waals surface area contributed by atoms with Gasteiger partial charge in [0.2, 0.25) is 5.79 Å². The average Bonchev–Trinajstić information content (AvgIpc) is 3.42. The molecule has 0 spiro atoms. The van der Waals surface area contributed by atoms with E-state index in [-0.39, 0.29) is 55.9 Å². The number of aliphatic carboxylic acids is 1. The smallest absolute Gasteiger partial charge is 0.408 e. The third-order valence-corrected chi connectivity index (χ3v) is 16.5. The zero-order valence-corrected chi connectivity index (χ0v) is 48.1. The summed E-state index contributed by atoms with van der Waals surface area (Å²) in [5.74, 6) is -11.8. The Morgan fingerprint density at radius 1 is 0.962 bits per heavy atom. The van der Waals surface area contributed by atoms with Crippen molar-refractivity contribution in [2.45, 2.75) is 212 Å². The molecule has 20 heteroatoms. The zero-order chi connectivity index (χ0) is 58.5. The first-order valence-electron chi connectivity index (χ1n) is 28.2. The van der Waals surface area contributed by atoms with Gasteiger partial charge in [0.25, 0.3) is 17.6 Å². The van der Waals surface area contributed by atoms with Gasteiger partial charge in [0.05, 0.1) is 30.5 Å². The molecule has 16 atom stereocenters. The van der Waals surface area contributed by atoms with Crippen molar-refractivity contribution >= 4 is 41.4 Å². The number of cyclic esters (lactones) is 1. The molecule has 79 heavy (non-hydrogen) atoms. The van der Waals surface area contributed by atoms with Crippen molar-refractivity contribution in [3.63, 3.8) is 0 Å². The van der Waals surface area contributed by atoms with E-state index in [0.29, 0.717) is 62.7 Å². The highest BCUT2D eigenvalue weighted by atomic mass is 19.1. The lowest BCUT2D eigenvalue weighted by molar-refractivity contribution is -0.302. The van der Waals surface area contributed by atoms with Crippen LogP contribution in [0.3, 0.4) is 0 Å². The number of nitrogens with zero attached hydrogens (tertiary/aromatic N) is 1. The summed E-state index contributed by atoms with van der Waals surface area (Å²) in [6.45, 7) is 15.1. The number of benzene rings is 1. The second kappa shape index (κ2) is 29.0. The molecule has 3 fully saturated rings. The van der Waals surface area contributed by atoms with E-state index in [0.717, 1.165) is 4.90 Å². The van der Waals surface area contributed by atoms with Gasteiger partial charge in [0.15, 0.2) is 5.60 Å². The molecule has 5 rings (SSSR count). The molecule has 442 valence electrons. The SMILES string of the molecule is CCCOC1CC(C=C(C)C2OC(=O)C3CCCCN3C(=O)C(=O)C3(O)OC(C(OC)CC(C)C(F)C(C)=CC(CC)C(=O)CC(O)C2C)C(OC)CC3C)CCC1NC(=O)C(C)(C)OC(=O)N[C@H](Cc1ccccc1)C(=O)O. The van der Waals surface area contributed by atoms with E-state index in [9.17, 15) is 48.9 Å². The first-order chi connectivity index (χ1) is 37.3. The van der Waals surface area contributed by atoms with E-state index in [1.54, 1.807) is 78.0 Å². The number of amides is 3. The van der Waals surface area contributed by atoms with Gasteiger partial charge in [-0.25, -0.2) is 18.8 Å². The normalized spacial score (nSPS) is 33.5. The fourth-order valence-corrected chi connectivity index (χ4v) is 11.5. The van der Waals surface area contributed by atoms with Gasteiger partial charge < -0.3 is 59.3 Å². The highest BCUT2D eigenvalue weighted by Crippen LogP contribution is 2.40. The molecule has 1 aromatic rings. The molecule has 3 amide bonds. The monoisotopic (exact) mass is 1110 g/mol. The molecule has 2 saturated heterocycles. The fourth-order valence-electron chi connectivity index (χ4n) is 11.5. The van der Waals surface area contributed by atoms with Gasteiger partial charge >= 0.3 is 18.0 Å². The number of esters is 1. The predicted molar refractivity (Wildman–Crippen MR) is 289 cm³/mol. The summed E-state index contributed by atoms with van der Waals surface area (Å²) in [5, 5.41) is 39.3. The van der Waals surface area contributed by atoms with Crippen LogP contribution in [0.1, 0.15) is 139 Å². The molecule has 15 unspecified atom stereocenters. The van der Waals surface area contributed by atoms with Crippen LogP contribution in [-0.2, 0) is 63.6 Å². The molecule has 4 aliphatic rings. The van der Waals surface area contributed by atoms with Crippen molar-refractivity contribution in [2.75, 3.05) is 27.4 Å². The summed E-state index contributed by atoms with van der Waals surface area (Å²) in [4.78, 5) is 97.8. The second-order valence-electron chi connectivity index (χ2n) is 22.9. The van der Waals surface area contributed by atoms with Crippen molar-refractivity contribution in [1.29, 1.82) is 0 Å². The number of halogens is 1. The van der Waals surface area contributed by atoms with Crippen LogP contribution in [0.4, 0.5) is 9.18 Å². The Bertz CT molecular complexity index is 2330. The number of carbonyl (C=O) groups is 7. The lowest BCUT2D eigenvalue weighted by atomic mass is 9.80. The maximum absolute atomic E-state index is 16.4. The van der Waals surface area contributed by atoms with Crippen LogP contribution in [0.15, 0.2) is 53.6 Å². The van der Waals surface area contributed by atoms with Gasteiger partial charge in [0, 0.05) is 58.0 Å². The summed E-state index contributed by atoms with van der Waals surface area (Å²) in [6, 6.07) is 5.63. The maximum atomic E-state index is 16.4. The summed E-state index contributed by atoms with van der Waals surface area (Å²) in [7, 11) is 2.84. The Hall–Kier alpha value is -5.12. The number of carboxylic acid groups (broad SMARTS) is 1. The number of Topliss-reactive ketones (excluding diaryl/α,β-unsaturated/α-hetero) is 2. The third kappa shape index (κ3) is 16.5. The van der Waals surface area contributed by atoms with Gasteiger partial charge in [-0.1, -0.05) is 77.1 Å². The molecule has 3 heterocycles. The summed E-state index contributed by atoms with van der Waals surface area (Å²) < 4.78 is 52.5. The number of methoxy groups -OCH3 is 2. The van der Waals surface area contributed by atoms with Crippen molar-refractivity contribution in [2.24, 2.45) is 29.6 Å². The Morgan fingerprint density at radius 3 is 2.27 bits per heavy atom. The minimum absolute atomic E-state index is 0.00935. The standard InChI is InChI=1S/C59H88FN3O16/c1-12-25-76-46-31-39(22-23-41(46)61-56(71)58(8,9)79-57(72)62-42(54(68)69)30-38-19-15-14-16-20-38)26-35(5)50-37(7)44(64)32-45(65)40(13-2)27-33(3)49(60)34(4)28-47(74-10)51-48(75-11)29-36(6)59(73,78-51)52(66)53(67)63-24-18-17-21-43(63)55(70)77-50/h14-16,19-20,26-27,34,36-37,39-44,46-51,64,73H,12-13,17-18,21-25,28-32H2,1-11H3,(H,61,71)(H,62,72)(H,68,69)/t34?,36?,37?,39?,40?,41?,42-,43?,44?,46?,47?,48?,49?,50?,51?,59?/m1/s1. The van der Waals surface area contributed by atoms with E-state index in [4.69, 9.17) is 28.4 Å². The highest BCUT2D eigenvalue weighted by molar-refractivity contribution is 6.39. The largest absolute Gasteiger partial charge is 0.480 e. The fraction of sp³-hybridized carbons (Fsp3) is 0.712. The molecule has 1 aromatic carbocycles. The molecule has 1 saturated carbocycles. The first kappa shape index (κ1) is 64.7. The topological polar surface area (TPSA) is 263 Å². The van der Waals surface area contributed by atoms with Crippen LogP contribution in [0.2, 0.25) is 0 Å². The van der Waals surface area contributed by atoms with Crippen molar-refractivity contribution in [1.82, 2.24) is 15.5 Å². The number of allylic oxidation sites excluding steroid dienone is 3. The number of aliphatic hydroxyl groups excluding tert-OH is 1. The summed E-state index contributed by atoms with van der Waals surface area (Å²) in [5.41, 5.74) is -0.244. The number of ether oxygens (including phenoxy) is 6. The minimum Gasteiger partial charge on any atom is -0.480 e. The number of nitrogens with one attached hydrogen (secondary N) is 2. The second-order valence-corrected chi connectivity index (χ2v) is 22.9. The summed E-state index contributed by atoms with van der Waals surface area (Å²) in [6.07, 6.45) is -1.88. The minimum atomic E-state index is -2.67. The van der Waals surface area contributed by atoms with Crippen LogP contribution in [-0.4, -0.2) is 161 Å². The number of alkyl carbamates (subject to hydrolysis) is 1. The molecule has 2 bridgehead atoms. The molecular weight excluding hydrogens is 1030 g/mol. The Kier molecular flexibility index (Phi) is 23.8. The van der Waals surface area contributed by atoms with E-state index >= 15 is 4.39 Å². The zero-order valence-electron chi connectivity index (χ0n) is 48.1. The third-order valence-electron chi connectivity index (χ3n) is 16.5. The van der Waals surface area contributed by atoms with Gasteiger partial charge in [-0.05, 0) is 120 Å². The molecule has 19 nitrogen and oxygen atoms in total. The van der Waals surface area contributed by atoms with Crippen LogP contribution in [0.25, 0.3) is 0 Å². The van der Waals surface area contributed by atoms with E-state index < -0.39 is 132 Å². The molecule has 0 aromatic heterocycles. The van der Waals surface area contributed by atoms with Gasteiger partial charge in [-0.3, -0.25) is 19.2 Å². The molecule has 1 aliphatic carbocycles. The molecular formula is C59H88FN3O16. The number of alkyl halides is 1. The predicted octanol–water partition coefficient (Wildman–Crippen LogP) is 6.53. The number of hydrogen-bond acceptors (Lipinski definition) is 15. The summed E-state index contributed by atoms with van der Waals surface area (Å²) >= 11 is 0. The number of ketones is 2. The van der Waals surface area contributed by atoms with Crippen molar-refractivity contribution in [3.05, 3.63) is 59.2 Å². The molecule has 5 N–H and O–H groups in total. The molecule has 0 radical (unpaired) electrons. The van der Waals surface area contributed by atoms with Crippen LogP contribution in [0.5, 0.6) is 0 Å². The quantitative estimate of drug-likeness (QED) is 0.0711. The van der Waals surface area contributed by atoms with Crippen LogP contribution in [0, 0.1) is 29.6 Å². The lowest BCUT2D eigenvalue weighted by Crippen LogP contribution is -2.64. The van der Waals surface area contributed by atoms with E-state index in [1.807, 2.05) is 13.0 Å². The number of piperidine rings is 1. The molecule has 3 aliphatic heterocycles. The average molecular weight is 1110 g/mol. The van der Waals surface area contributed by atoms with E-state index in [1.165, 1.54) is 28.1 Å². The van der Waals surface area contributed by atoms with Gasteiger partial charge in [-0.15, -0.1) is 0 Å². The Balaban J connectivity index is 1.43. The van der Waals surface area contributed by atoms with E-state index in [2.05, 4.69) is 10.6 Å². The van der Waals surface area contributed by atoms with Crippen molar-refractivity contribution in [3.8, 4) is 0 Å². The van der Waals surface area contributed by atoms with Gasteiger partial charge in [-0.2, -0.15) is 0 Å².